The molecule has 1 atom stereocenters. The van der Waals surface area contributed by atoms with Gasteiger partial charge in [0.15, 0.2) is 0 Å². The Labute approximate surface area is 120 Å². The van der Waals surface area contributed by atoms with Crippen LogP contribution in [0.1, 0.15) is 12.8 Å². The van der Waals surface area contributed by atoms with E-state index in [9.17, 15) is 22.8 Å². The lowest BCUT2D eigenvalue weighted by molar-refractivity contribution is -0.186. The average molecular weight is 300 g/mol. The van der Waals surface area contributed by atoms with Gasteiger partial charge in [-0.2, -0.15) is 13.2 Å². The molecule has 1 heterocycles. The molecule has 1 fully saturated rings. The van der Waals surface area contributed by atoms with Crippen LogP contribution in [0.3, 0.4) is 0 Å². The van der Waals surface area contributed by atoms with Crippen molar-refractivity contribution in [2.45, 2.75) is 25.1 Å². The van der Waals surface area contributed by atoms with Crippen LogP contribution in [0.25, 0.3) is 0 Å². The first-order valence-electron chi connectivity index (χ1n) is 6.53. The summed E-state index contributed by atoms with van der Waals surface area (Å²) in [6, 6.07) is 7.55. The molecule has 1 aliphatic rings. The second kappa shape index (κ2) is 5.75. The molecule has 114 valence electrons. The molecule has 0 radical (unpaired) electrons. The average Bonchev–Trinajstić information content (AvgIpc) is 2.94. The number of rotatable bonds is 2. The molecular formula is C14H15F3N2O2. The van der Waals surface area contributed by atoms with Crippen molar-refractivity contribution in [3.63, 3.8) is 0 Å². The smallest absolute Gasteiger partial charge is 0.323 e. The fraction of sp³-hybridized carbons (Fsp3) is 0.429. The van der Waals surface area contributed by atoms with E-state index in [1.807, 2.05) is 0 Å². The van der Waals surface area contributed by atoms with Crippen LogP contribution in [0.5, 0.6) is 0 Å². The minimum Gasteiger partial charge on any atom is -0.323 e. The van der Waals surface area contributed by atoms with E-state index in [2.05, 4.69) is 0 Å². The normalized spacial score (nSPS) is 18.7. The topological polar surface area (TPSA) is 40.6 Å². The quantitative estimate of drug-likeness (QED) is 0.840. The van der Waals surface area contributed by atoms with E-state index in [1.165, 1.54) is 11.9 Å². The van der Waals surface area contributed by atoms with Crippen LogP contribution in [0, 0.1) is 0 Å². The molecule has 0 aromatic heterocycles. The zero-order valence-corrected chi connectivity index (χ0v) is 11.4. The summed E-state index contributed by atoms with van der Waals surface area (Å²) >= 11 is 0. The van der Waals surface area contributed by atoms with Gasteiger partial charge >= 0.3 is 12.1 Å². The zero-order chi connectivity index (χ0) is 15.6. The van der Waals surface area contributed by atoms with Gasteiger partial charge in [0.25, 0.3) is 0 Å². The van der Waals surface area contributed by atoms with Gasteiger partial charge in [0.1, 0.15) is 6.04 Å². The number of alkyl halides is 3. The van der Waals surface area contributed by atoms with Crippen LogP contribution in [-0.2, 0) is 9.59 Å². The Bertz CT molecular complexity index is 531. The SMILES string of the molecule is CN(C(=O)C1CCCN1C(=O)C(F)(F)F)c1ccccc1. The molecule has 0 aliphatic carbocycles. The van der Waals surface area contributed by atoms with Gasteiger partial charge in [0.2, 0.25) is 5.91 Å². The van der Waals surface area contributed by atoms with Crippen molar-refractivity contribution in [3.05, 3.63) is 30.3 Å². The molecule has 0 bridgehead atoms. The highest BCUT2D eigenvalue weighted by atomic mass is 19.4. The molecule has 1 aliphatic heterocycles. The Balaban J connectivity index is 2.16. The van der Waals surface area contributed by atoms with Gasteiger partial charge < -0.3 is 9.80 Å². The van der Waals surface area contributed by atoms with Gasteiger partial charge in [0.05, 0.1) is 0 Å². The molecule has 4 nitrogen and oxygen atoms in total. The Kier molecular flexibility index (Phi) is 4.20. The number of carbonyl (C=O) groups is 2. The standard InChI is InChI=1S/C14H15F3N2O2/c1-18(10-6-3-2-4-7-10)12(20)11-8-5-9-19(11)13(21)14(15,16)17/h2-4,6-7,11H,5,8-9H2,1H3. The van der Waals surface area contributed by atoms with E-state index < -0.39 is 24.0 Å². The molecule has 7 heteroatoms. The van der Waals surface area contributed by atoms with Crippen LogP contribution in [0.15, 0.2) is 30.3 Å². The fourth-order valence-corrected chi connectivity index (χ4v) is 2.43. The number of carbonyl (C=O) groups excluding carboxylic acids is 2. The molecule has 1 aromatic rings. The first-order valence-corrected chi connectivity index (χ1v) is 6.53. The Morgan fingerprint density at radius 2 is 1.86 bits per heavy atom. The molecule has 0 saturated carbocycles. The number of halogens is 3. The van der Waals surface area contributed by atoms with Crippen molar-refractivity contribution >= 4 is 17.5 Å². The minimum atomic E-state index is -4.95. The molecule has 2 rings (SSSR count). The number of hydrogen-bond donors (Lipinski definition) is 0. The van der Waals surface area contributed by atoms with Crippen molar-refractivity contribution in [3.8, 4) is 0 Å². The van der Waals surface area contributed by atoms with Gasteiger partial charge in [-0.15, -0.1) is 0 Å². The van der Waals surface area contributed by atoms with Gasteiger partial charge in [-0.1, -0.05) is 18.2 Å². The van der Waals surface area contributed by atoms with Crippen molar-refractivity contribution < 1.29 is 22.8 Å². The zero-order valence-electron chi connectivity index (χ0n) is 11.4. The van der Waals surface area contributed by atoms with E-state index >= 15 is 0 Å². The summed E-state index contributed by atoms with van der Waals surface area (Å²) in [5.41, 5.74) is 0.578. The first kappa shape index (κ1) is 15.3. The van der Waals surface area contributed by atoms with Crippen molar-refractivity contribution in [2.75, 3.05) is 18.5 Å². The predicted molar refractivity (Wildman–Crippen MR) is 70.6 cm³/mol. The van der Waals surface area contributed by atoms with Crippen LogP contribution in [0.4, 0.5) is 18.9 Å². The van der Waals surface area contributed by atoms with Crippen LogP contribution in [0.2, 0.25) is 0 Å². The van der Waals surface area contributed by atoms with Gasteiger partial charge in [-0.05, 0) is 25.0 Å². The summed E-state index contributed by atoms with van der Waals surface area (Å²) in [7, 11) is 1.49. The summed E-state index contributed by atoms with van der Waals surface area (Å²) in [4.78, 5) is 25.6. The number of para-hydroxylation sites is 1. The molecule has 1 aromatic carbocycles. The van der Waals surface area contributed by atoms with Crippen molar-refractivity contribution in [1.29, 1.82) is 0 Å². The van der Waals surface area contributed by atoms with E-state index in [-0.39, 0.29) is 13.0 Å². The molecule has 1 unspecified atom stereocenters. The predicted octanol–water partition coefficient (Wildman–Crippen LogP) is 2.20. The molecule has 1 saturated heterocycles. The number of benzene rings is 1. The van der Waals surface area contributed by atoms with Gasteiger partial charge in [0, 0.05) is 19.3 Å². The van der Waals surface area contributed by atoms with E-state index in [1.54, 1.807) is 30.3 Å². The summed E-state index contributed by atoms with van der Waals surface area (Å²) in [6.07, 6.45) is -4.31. The number of hydrogen-bond acceptors (Lipinski definition) is 2. The molecule has 0 spiro atoms. The number of likely N-dealkylation sites (tertiary alicyclic amines) is 1. The molecule has 2 amide bonds. The highest BCUT2D eigenvalue weighted by molar-refractivity contribution is 5.99. The highest BCUT2D eigenvalue weighted by Crippen LogP contribution is 2.27. The van der Waals surface area contributed by atoms with E-state index in [0.717, 1.165) is 0 Å². The van der Waals surface area contributed by atoms with E-state index in [0.29, 0.717) is 17.0 Å². The second-order valence-electron chi connectivity index (χ2n) is 4.89. The van der Waals surface area contributed by atoms with Crippen LogP contribution < -0.4 is 4.90 Å². The summed E-state index contributed by atoms with van der Waals surface area (Å²) < 4.78 is 37.6. The summed E-state index contributed by atoms with van der Waals surface area (Å²) in [6.45, 7) is -0.0443. The number of nitrogens with zero attached hydrogens (tertiary/aromatic N) is 2. The lowest BCUT2D eigenvalue weighted by Crippen LogP contribution is -2.50. The number of amides is 2. The Morgan fingerprint density at radius 1 is 1.24 bits per heavy atom. The largest absolute Gasteiger partial charge is 0.471 e. The maximum absolute atomic E-state index is 12.5. The fourth-order valence-electron chi connectivity index (χ4n) is 2.43. The highest BCUT2D eigenvalue weighted by Gasteiger charge is 2.48. The first-order chi connectivity index (χ1) is 9.82. The van der Waals surface area contributed by atoms with Crippen molar-refractivity contribution in [2.24, 2.45) is 0 Å². The van der Waals surface area contributed by atoms with Crippen molar-refractivity contribution in [1.82, 2.24) is 4.90 Å². The third-order valence-corrected chi connectivity index (χ3v) is 3.52. The van der Waals surface area contributed by atoms with Gasteiger partial charge in [-0.25, -0.2) is 0 Å². The lowest BCUT2D eigenvalue weighted by Gasteiger charge is -2.28. The monoisotopic (exact) mass is 300 g/mol. The van der Waals surface area contributed by atoms with Crippen LogP contribution >= 0.6 is 0 Å². The molecule has 21 heavy (non-hydrogen) atoms. The minimum absolute atomic E-state index is 0.0443. The third-order valence-electron chi connectivity index (χ3n) is 3.52. The maximum Gasteiger partial charge on any atom is 0.471 e. The third kappa shape index (κ3) is 3.17. The number of likely N-dealkylation sites (N-methyl/N-ethyl adjacent to an activating group) is 1. The van der Waals surface area contributed by atoms with Gasteiger partial charge in [-0.3, -0.25) is 9.59 Å². The summed E-state index contributed by atoms with van der Waals surface area (Å²) in [5.74, 6) is -2.45. The summed E-state index contributed by atoms with van der Waals surface area (Å²) in [5, 5.41) is 0. The molecular weight excluding hydrogens is 285 g/mol. The number of anilines is 1. The Hall–Kier alpha value is -2.05. The molecule has 0 N–H and O–H groups in total. The maximum atomic E-state index is 12.5. The van der Waals surface area contributed by atoms with E-state index in [4.69, 9.17) is 0 Å². The Morgan fingerprint density at radius 3 is 2.43 bits per heavy atom. The lowest BCUT2D eigenvalue weighted by atomic mass is 10.1. The second-order valence-corrected chi connectivity index (χ2v) is 4.89. The van der Waals surface area contributed by atoms with Crippen LogP contribution in [-0.4, -0.2) is 42.5 Å².